The highest BCUT2D eigenvalue weighted by Crippen LogP contribution is 2.26. The molecule has 2 bridgehead atoms. The highest BCUT2D eigenvalue weighted by molar-refractivity contribution is 5.91. The summed E-state index contributed by atoms with van der Waals surface area (Å²) in [6.45, 7) is 10.4. The highest BCUT2D eigenvalue weighted by Gasteiger charge is 2.25. The van der Waals surface area contributed by atoms with Crippen LogP contribution in [0.3, 0.4) is 0 Å². The Morgan fingerprint density at radius 2 is 1.95 bits per heavy atom. The zero-order valence-corrected chi connectivity index (χ0v) is 13.9. The van der Waals surface area contributed by atoms with Crippen molar-refractivity contribution in [3.63, 3.8) is 0 Å². The van der Waals surface area contributed by atoms with E-state index in [-0.39, 0.29) is 12.1 Å². The molecule has 1 heterocycles. The van der Waals surface area contributed by atoms with Crippen molar-refractivity contribution in [1.82, 2.24) is 0 Å². The minimum absolute atomic E-state index is 0.0874. The van der Waals surface area contributed by atoms with E-state index in [2.05, 4.69) is 38.7 Å². The van der Waals surface area contributed by atoms with Crippen LogP contribution in [0, 0.1) is 0 Å². The fourth-order valence-corrected chi connectivity index (χ4v) is 2.81. The number of ether oxygens (including phenoxy) is 1. The average Bonchev–Trinajstić information content (AvgIpc) is 2.77. The van der Waals surface area contributed by atoms with E-state index in [1.54, 1.807) is 0 Å². The number of esters is 1. The van der Waals surface area contributed by atoms with E-state index >= 15 is 0 Å². The molecule has 0 radical (unpaired) electrons. The minimum Gasteiger partial charge on any atom is -0.454 e. The van der Waals surface area contributed by atoms with Gasteiger partial charge in [0.05, 0.1) is 0 Å². The molecule has 0 saturated heterocycles. The molecule has 0 aromatic carbocycles. The summed E-state index contributed by atoms with van der Waals surface area (Å²) in [5, 5.41) is 0. The van der Waals surface area contributed by atoms with Gasteiger partial charge in [0, 0.05) is 12.0 Å². The molecule has 0 aromatic heterocycles. The van der Waals surface area contributed by atoms with Crippen molar-refractivity contribution in [2.45, 2.75) is 59.0 Å². The Kier molecular flexibility index (Phi) is 5.59. The quantitative estimate of drug-likeness (QED) is 0.491. The monoisotopic (exact) mass is 298 g/mol. The Bertz CT molecular complexity index is 585. The summed E-state index contributed by atoms with van der Waals surface area (Å²) in [5.41, 5.74) is 5.74. The number of hydrogen-bond donors (Lipinski definition) is 0. The Balaban J connectivity index is 2.25. The molecule has 1 atom stereocenters. The maximum absolute atomic E-state index is 12.0. The summed E-state index contributed by atoms with van der Waals surface area (Å²) in [5.74, 6) is -0.152. The fraction of sp³-hybridized carbons (Fsp3) is 0.450. The summed E-state index contributed by atoms with van der Waals surface area (Å²) in [6, 6.07) is 0. The lowest BCUT2D eigenvalue weighted by Gasteiger charge is -2.08. The van der Waals surface area contributed by atoms with E-state index < -0.39 is 0 Å². The third-order valence-electron chi connectivity index (χ3n) is 4.24. The molecule has 2 nitrogen and oxygen atoms in total. The van der Waals surface area contributed by atoms with Crippen LogP contribution >= 0.6 is 0 Å². The van der Waals surface area contributed by atoms with Gasteiger partial charge >= 0.3 is 5.97 Å². The second-order valence-electron chi connectivity index (χ2n) is 6.41. The van der Waals surface area contributed by atoms with E-state index in [1.165, 1.54) is 16.7 Å². The molecule has 0 N–H and O–H groups in total. The van der Waals surface area contributed by atoms with Gasteiger partial charge in [0.15, 0.2) is 0 Å². The molecular formula is C20H26O2. The SMILES string of the molecule is C=C(C)/C1=C/C=C(\C)CC/C=C(\C)CC2C=C(CC1)C(=O)O2. The lowest BCUT2D eigenvalue weighted by atomic mass is 9.97. The largest absolute Gasteiger partial charge is 0.454 e. The van der Waals surface area contributed by atoms with Gasteiger partial charge < -0.3 is 4.74 Å². The van der Waals surface area contributed by atoms with Crippen LogP contribution in [0.2, 0.25) is 0 Å². The predicted molar refractivity (Wildman–Crippen MR) is 91.5 cm³/mol. The van der Waals surface area contributed by atoms with Crippen molar-refractivity contribution < 1.29 is 9.53 Å². The van der Waals surface area contributed by atoms with E-state index in [0.29, 0.717) is 0 Å². The van der Waals surface area contributed by atoms with E-state index in [9.17, 15) is 4.79 Å². The summed E-state index contributed by atoms with van der Waals surface area (Å²) in [7, 11) is 0. The molecule has 0 fully saturated rings. The second-order valence-corrected chi connectivity index (χ2v) is 6.41. The van der Waals surface area contributed by atoms with Crippen molar-refractivity contribution in [3.05, 3.63) is 58.7 Å². The topological polar surface area (TPSA) is 26.3 Å². The number of fused-ring (bicyclic) bond motifs is 1. The van der Waals surface area contributed by atoms with Gasteiger partial charge in [-0.05, 0) is 58.1 Å². The van der Waals surface area contributed by atoms with Crippen LogP contribution in [0.1, 0.15) is 52.9 Å². The maximum Gasteiger partial charge on any atom is 0.334 e. The van der Waals surface area contributed by atoms with Gasteiger partial charge in [0.25, 0.3) is 0 Å². The first-order chi connectivity index (χ1) is 10.5. The van der Waals surface area contributed by atoms with Crippen molar-refractivity contribution in [2.24, 2.45) is 0 Å². The fourth-order valence-electron chi connectivity index (χ4n) is 2.81. The highest BCUT2D eigenvalue weighted by atomic mass is 16.5. The molecule has 0 amide bonds. The van der Waals surface area contributed by atoms with E-state index in [0.717, 1.165) is 43.3 Å². The van der Waals surface area contributed by atoms with Crippen LogP contribution in [0.25, 0.3) is 0 Å². The van der Waals surface area contributed by atoms with Crippen LogP contribution < -0.4 is 0 Å². The van der Waals surface area contributed by atoms with Crippen LogP contribution in [-0.2, 0) is 9.53 Å². The van der Waals surface area contributed by atoms with Crippen LogP contribution in [-0.4, -0.2) is 12.1 Å². The molecule has 1 aliphatic heterocycles. The average molecular weight is 298 g/mol. The number of carbonyl (C=O) groups is 1. The predicted octanol–water partition coefficient (Wildman–Crippen LogP) is 5.20. The Morgan fingerprint density at radius 3 is 2.68 bits per heavy atom. The number of allylic oxidation sites excluding steroid dienone is 6. The van der Waals surface area contributed by atoms with Crippen LogP contribution in [0.4, 0.5) is 0 Å². The lowest BCUT2D eigenvalue weighted by Crippen LogP contribution is -2.08. The van der Waals surface area contributed by atoms with Gasteiger partial charge in [-0.2, -0.15) is 0 Å². The maximum atomic E-state index is 12.0. The van der Waals surface area contributed by atoms with Gasteiger partial charge in [-0.3, -0.25) is 0 Å². The summed E-state index contributed by atoms with van der Waals surface area (Å²) < 4.78 is 5.46. The zero-order chi connectivity index (χ0) is 16.1. The normalized spacial score (nSPS) is 30.7. The molecule has 1 unspecified atom stereocenters. The van der Waals surface area contributed by atoms with Gasteiger partial charge in [-0.15, -0.1) is 0 Å². The summed E-state index contributed by atoms with van der Waals surface area (Å²) in [6.07, 6.45) is 13.0. The van der Waals surface area contributed by atoms with Crippen molar-refractivity contribution >= 4 is 5.97 Å². The molecule has 2 heteroatoms. The van der Waals surface area contributed by atoms with Gasteiger partial charge in [-0.25, -0.2) is 4.79 Å². The zero-order valence-electron chi connectivity index (χ0n) is 13.9. The minimum atomic E-state index is -0.152. The van der Waals surface area contributed by atoms with Crippen LogP contribution in [0.5, 0.6) is 0 Å². The molecule has 0 spiro atoms. The first-order valence-corrected chi connectivity index (χ1v) is 8.05. The Morgan fingerprint density at radius 1 is 1.18 bits per heavy atom. The van der Waals surface area contributed by atoms with Gasteiger partial charge in [0.1, 0.15) is 6.10 Å². The lowest BCUT2D eigenvalue weighted by molar-refractivity contribution is -0.139. The Labute approximate surface area is 133 Å². The van der Waals surface area contributed by atoms with E-state index in [1.807, 2.05) is 13.0 Å². The molecule has 1 aliphatic carbocycles. The molecular weight excluding hydrogens is 272 g/mol. The van der Waals surface area contributed by atoms with E-state index in [4.69, 9.17) is 4.74 Å². The number of hydrogen-bond acceptors (Lipinski definition) is 2. The van der Waals surface area contributed by atoms with Crippen molar-refractivity contribution in [2.75, 3.05) is 0 Å². The van der Waals surface area contributed by atoms with Crippen LogP contribution in [0.15, 0.2) is 58.7 Å². The standard InChI is InChI=1S/C20H26O2/c1-14(2)17-9-8-15(3)6-5-7-16(4)12-19-13-18(11-10-17)20(21)22-19/h7-9,13,19H,1,5-6,10-12H2,2-4H3/b15-8+,16-7+,17-9+. The first kappa shape index (κ1) is 16.5. The van der Waals surface area contributed by atoms with Crippen molar-refractivity contribution in [1.29, 1.82) is 0 Å². The third-order valence-corrected chi connectivity index (χ3v) is 4.24. The number of rotatable bonds is 1. The molecule has 22 heavy (non-hydrogen) atoms. The summed E-state index contributed by atoms with van der Waals surface area (Å²) >= 11 is 0. The number of carbonyl (C=O) groups excluding carboxylic acids is 1. The molecule has 2 aliphatic rings. The molecule has 0 saturated carbocycles. The smallest absolute Gasteiger partial charge is 0.334 e. The first-order valence-electron chi connectivity index (χ1n) is 8.05. The summed E-state index contributed by atoms with van der Waals surface area (Å²) in [4.78, 5) is 12.0. The van der Waals surface area contributed by atoms with Crippen molar-refractivity contribution in [3.8, 4) is 0 Å². The third kappa shape index (κ3) is 4.59. The second kappa shape index (κ2) is 7.44. The molecule has 2 rings (SSSR count). The molecule has 118 valence electrons. The molecule has 0 aromatic rings. The Hall–Kier alpha value is -1.83. The van der Waals surface area contributed by atoms with Gasteiger partial charge in [0.2, 0.25) is 0 Å². The van der Waals surface area contributed by atoms with Gasteiger partial charge in [-0.1, -0.05) is 41.5 Å².